The number of hydrogen-bond donors (Lipinski definition) is 8. The van der Waals surface area contributed by atoms with Gasteiger partial charge in [-0.3, -0.25) is 29.4 Å². The standard InChI is InChI=1S/C30H46N4O10/c1-17-23(39)21(19(13-35)9-31-17)11-33(12-22-20(14-36)10-32-18(2)24(22)40)7-8-34(25(27(41)42)29(3,4)15-37)26(28(43)44)30(5,6)16-38/h9-10,25-26,35-40H,7-8,11-16H2,1-6H3,(H,41,42)(H,43,44). The van der Waals surface area contributed by atoms with Gasteiger partial charge in [-0.1, -0.05) is 27.7 Å². The monoisotopic (exact) mass is 622 g/mol. The minimum Gasteiger partial charge on any atom is -0.506 e. The first kappa shape index (κ1) is 36.8. The Morgan fingerprint density at radius 3 is 1.39 bits per heavy atom. The van der Waals surface area contributed by atoms with Crippen molar-refractivity contribution in [2.45, 2.75) is 79.9 Å². The van der Waals surface area contributed by atoms with E-state index in [2.05, 4.69) is 9.97 Å². The number of aliphatic hydroxyl groups excluding tert-OH is 4. The van der Waals surface area contributed by atoms with Crippen molar-refractivity contribution in [1.29, 1.82) is 0 Å². The summed E-state index contributed by atoms with van der Waals surface area (Å²) in [5.74, 6) is -3.09. The molecule has 0 saturated heterocycles. The van der Waals surface area contributed by atoms with Crippen molar-refractivity contribution in [2.75, 3.05) is 26.3 Å². The van der Waals surface area contributed by atoms with Gasteiger partial charge in [0, 0.05) is 71.7 Å². The summed E-state index contributed by atoms with van der Waals surface area (Å²) in [6.07, 6.45) is 2.83. The molecule has 0 aromatic carbocycles. The highest BCUT2D eigenvalue weighted by molar-refractivity contribution is 5.79. The van der Waals surface area contributed by atoms with Crippen LogP contribution in [0.1, 0.15) is 61.3 Å². The second-order valence-electron chi connectivity index (χ2n) is 12.4. The fraction of sp³-hybridized carbons (Fsp3) is 0.600. The number of aliphatic hydroxyl groups is 4. The van der Waals surface area contributed by atoms with E-state index in [1.165, 1.54) is 45.0 Å². The summed E-state index contributed by atoms with van der Waals surface area (Å²) < 4.78 is 0. The molecule has 246 valence electrons. The lowest BCUT2D eigenvalue weighted by Gasteiger charge is -2.46. The quantitative estimate of drug-likeness (QED) is 0.122. The van der Waals surface area contributed by atoms with Crippen LogP contribution in [0.3, 0.4) is 0 Å². The second-order valence-corrected chi connectivity index (χ2v) is 12.4. The Morgan fingerprint density at radius 2 is 1.09 bits per heavy atom. The molecule has 14 heteroatoms. The van der Waals surface area contributed by atoms with Gasteiger partial charge in [0.2, 0.25) is 0 Å². The summed E-state index contributed by atoms with van der Waals surface area (Å²) in [6.45, 7) is 6.74. The van der Waals surface area contributed by atoms with Gasteiger partial charge < -0.3 is 40.9 Å². The maximum atomic E-state index is 12.7. The molecule has 0 radical (unpaired) electrons. The first-order chi connectivity index (χ1) is 20.5. The molecule has 0 bridgehead atoms. The van der Waals surface area contributed by atoms with Crippen LogP contribution in [0.4, 0.5) is 0 Å². The van der Waals surface area contributed by atoms with Gasteiger partial charge in [-0.2, -0.15) is 0 Å². The minimum absolute atomic E-state index is 0.0477. The van der Waals surface area contributed by atoms with Crippen molar-refractivity contribution in [3.05, 3.63) is 46.0 Å². The van der Waals surface area contributed by atoms with Crippen LogP contribution >= 0.6 is 0 Å². The van der Waals surface area contributed by atoms with Gasteiger partial charge in [0.25, 0.3) is 0 Å². The number of hydrogen-bond acceptors (Lipinski definition) is 12. The van der Waals surface area contributed by atoms with Gasteiger partial charge in [0.15, 0.2) is 0 Å². The lowest BCUT2D eigenvalue weighted by atomic mass is 9.78. The van der Waals surface area contributed by atoms with Crippen molar-refractivity contribution < 1.29 is 50.4 Å². The van der Waals surface area contributed by atoms with Gasteiger partial charge in [-0.05, 0) is 13.8 Å². The molecule has 2 aromatic heterocycles. The van der Waals surface area contributed by atoms with Crippen molar-refractivity contribution >= 4 is 11.9 Å². The molecule has 0 saturated carbocycles. The fourth-order valence-corrected chi connectivity index (χ4v) is 5.34. The molecule has 0 aliphatic carbocycles. The highest BCUT2D eigenvalue weighted by Gasteiger charge is 2.49. The highest BCUT2D eigenvalue weighted by Crippen LogP contribution is 2.34. The summed E-state index contributed by atoms with van der Waals surface area (Å²) in [7, 11) is 0. The molecular weight excluding hydrogens is 576 g/mol. The number of carbonyl (C=O) groups is 2. The number of rotatable bonds is 17. The van der Waals surface area contributed by atoms with Crippen LogP contribution in [0.5, 0.6) is 11.5 Å². The molecule has 0 amide bonds. The molecule has 2 atom stereocenters. The molecule has 2 aromatic rings. The summed E-state index contributed by atoms with van der Waals surface area (Å²) in [6, 6.07) is -3.01. The number of carboxylic acid groups (broad SMARTS) is 2. The average Bonchev–Trinajstić information content (AvgIpc) is 2.95. The topological polar surface area (TPSA) is 228 Å². The van der Waals surface area contributed by atoms with E-state index in [0.29, 0.717) is 33.6 Å². The molecule has 2 rings (SSSR count). The zero-order valence-corrected chi connectivity index (χ0v) is 26.1. The van der Waals surface area contributed by atoms with Crippen molar-refractivity contribution in [3.8, 4) is 11.5 Å². The van der Waals surface area contributed by atoms with Gasteiger partial charge in [0.1, 0.15) is 23.6 Å². The number of aromatic hydroxyl groups is 2. The van der Waals surface area contributed by atoms with Crippen molar-refractivity contribution in [1.82, 2.24) is 19.8 Å². The second kappa shape index (κ2) is 15.1. The predicted molar refractivity (Wildman–Crippen MR) is 159 cm³/mol. The van der Waals surface area contributed by atoms with E-state index in [1.807, 2.05) is 0 Å². The van der Waals surface area contributed by atoms with Crippen LogP contribution in [-0.4, -0.2) is 111 Å². The number of aromatic nitrogens is 2. The van der Waals surface area contributed by atoms with Crippen LogP contribution in [-0.2, 0) is 35.9 Å². The Bertz CT molecular complexity index is 1220. The Kier molecular flexibility index (Phi) is 12.6. The summed E-state index contributed by atoms with van der Waals surface area (Å²) in [5, 5.41) is 82.6. The third-order valence-corrected chi connectivity index (χ3v) is 8.07. The molecule has 8 N–H and O–H groups in total. The third-order valence-electron chi connectivity index (χ3n) is 8.07. The van der Waals surface area contributed by atoms with Crippen LogP contribution in [0.2, 0.25) is 0 Å². The summed E-state index contributed by atoms with van der Waals surface area (Å²) in [5.41, 5.74) is -0.760. The number of aryl methyl sites for hydroxylation is 2. The molecule has 2 unspecified atom stereocenters. The van der Waals surface area contributed by atoms with E-state index in [1.54, 1.807) is 18.7 Å². The van der Waals surface area contributed by atoms with Gasteiger partial charge in [0.05, 0.1) is 37.8 Å². The van der Waals surface area contributed by atoms with E-state index in [4.69, 9.17) is 0 Å². The smallest absolute Gasteiger partial charge is 0.321 e. The van der Waals surface area contributed by atoms with Crippen LogP contribution < -0.4 is 0 Å². The maximum absolute atomic E-state index is 12.7. The largest absolute Gasteiger partial charge is 0.506 e. The van der Waals surface area contributed by atoms with E-state index in [9.17, 15) is 50.4 Å². The first-order valence-electron chi connectivity index (χ1n) is 14.2. The number of pyridine rings is 2. The van der Waals surface area contributed by atoms with Crippen LogP contribution in [0.25, 0.3) is 0 Å². The number of carboxylic acids is 2. The Labute approximate surface area is 256 Å². The molecular formula is C30H46N4O10. The van der Waals surface area contributed by atoms with Crippen LogP contribution in [0.15, 0.2) is 12.4 Å². The maximum Gasteiger partial charge on any atom is 0.321 e. The van der Waals surface area contributed by atoms with Crippen LogP contribution in [0, 0.1) is 24.7 Å². The lowest BCUT2D eigenvalue weighted by molar-refractivity contribution is -0.163. The zero-order chi connectivity index (χ0) is 33.6. The van der Waals surface area contributed by atoms with E-state index >= 15 is 0 Å². The summed E-state index contributed by atoms with van der Waals surface area (Å²) in [4.78, 5) is 36.5. The Hall–Kier alpha value is -3.40. The average molecular weight is 623 g/mol. The van der Waals surface area contributed by atoms with Gasteiger partial charge in [-0.25, -0.2) is 0 Å². The van der Waals surface area contributed by atoms with E-state index < -0.39 is 61.3 Å². The molecule has 0 fully saturated rings. The molecule has 0 spiro atoms. The molecule has 44 heavy (non-hydrogen) atoms. The molecule has 0 aliphatic rings. The van der Waals surface area contributed by atoms with Crippen molar-refractivity contribution in [3.63, 3.8) is 0 Å². The minimum atomic E-state index is -1.50. The zero-order valence-electron chi connectivity index (χ0n) is 26.1. The van der Waals surface area contributed by atoms with Gasteiger partial charge >= 0.3 is 11.9 Å². The first-order valence-corrected chi connectivity index (χ1v) is 14.2. The van der Waals surface area contributed by atoms with Gasteiger partial charge in [-0.15, -0.1) is 0 Å². The SMILES string of the molecule is Cc1ncc(CO)c(CN(CCN(C(C(=O)O)C(C)(C)CO)C(C(=O)O)C(C)(C)CO)Cc2c(CO)cnc(C)c2O)c1O. The summed E-state index contributed by atoms with van der Waals surface area (Å²) >= 11 is 0. The van der Waals surface area contributed by atoms with E-state index in [-0.39, 0.29) is 37.7 Å². The number of nitrogens with zero attached hydrogens (tertiary/aromatic N) is 4. The fourth-order valence-electron chi connectivity index (χ4n) is 5.34. The van der Waals surface area contributed by atoms with E-state index in [0.717, 1.165) is 0 Å². The Balaban J connectivity index is 2.74. The predicted octanol–water partition coefficient (Wildman–Crippen LogP) is 0.737. The lowest BCUT2D eigenvalue weighted by Crippen LogP contribution is -2.63. The third kappa shape index (κ3) is 8.20. The Morgan fingerprint density at radius 1 is 0.727 bits per heavy atom. The van der Waals surface area contributed by atoms with Crippen molar-refractivity contribution in [2.24, 2.45) is 10.8 Å². The molecule has 0 aliphatic heterocycles. The normalized spacial score (nSPS) is 13.8. The molecule has 2 heterocycles. The number of aliphatic carboxylic acids is 2. The highest BCUT2D eigenvalue weighted by atomic mass is 16.4. The molecule has 14 nitrogen and oxygen atoms in total.